The van der Waals surface area contributed by atoms with E-state index in [1.54, 1.807) is 0 Å². The van der Waals surface area contributed by atoms with Crippen LogP contribution in [0.1, 0.15) is 36.7 Å². The Kier molecular flexibility index (Phi) is 3.62. The second-order valence-corrected chi connectivity index (χ2v) is 5.05. The average Bonchev–Trinajstić information content (AvgIpc) is 2.29. The fourth-order valence-electron chi connectivity index (χ4n) is 2.37. The van der Waals surface area contributed by atoms with Gasteiger partial charge in [0.15, 0.2) is 0 Å². The van der Waals surface area contributed by atoms with Crippen molar-refractivity contribution in [2.24, 2.45) is 11.7 Å². The average molecular weight is 234 g/mol. The van der Waals surface area contributed by atoms with E-state index in [2.05, 4.69) is 21.8 Å². The fraction of sp³-hybridized carbons (Fsp3) is 0.692. The zero-order chi connectivity index (χ0) is 12.4. The molecular weight excluding hydrogens is 212 g/mol. The van der Waals surface area contributed by atoms with Gasteiger partial charge in [0.05, 0.1) is 0 Å². The van der Waals surface area contributed by atoms with E-state index in [-0.39, 0.29) is 0 Å². The highest BCUT2D eigenvalue weighted by Crippen LogP contribution is 2.21. The first-order valence-corrected chi connectivity index (χ1v) is 6.41. The van der Waals surface area contributed by atoms with Crippen LogP contribution < -0.4 is 10.6 Å². The van der Waals surface area contributed by atoms with Crippen molar-refractivity contribution in [3.05, 3.63) is 17.0 Å². The van der Waals surface area contributed by atoms with Gasteiger partial charge in [-0.15, -0.1) is 0 Å². The Labute approximate surface area is 103 Å². The molecule has 0 unspecified atom stereocenters. The standard InChI is InChI=1S/C13H22N4/c1-9-4-6-17(7-5-9)13-15-10(2)12(8-14)11(3)16-13/h9H,4-8,14H2,1-3H3. The van der Waals surface area contributed by atoms with Crippen molar-refractivity contribution < 1.29 is 0 Å². The number of hydrogen-bond donors (Lipinski definition) is 1. The Bertz CT molecular complexity index is 371. The third-order valence-electron chi connectivity index (χ3n) is 3.68. The van der Waals surface area contributed by atoms with Crippen LogP contribution in [0, 0.1) is 19.8 Å². The van der Waals surface area contributed by atoms with Crippen LogP contribution in [0.5, 0.6) is 0 Å². The van der Waals surface area contributed by atoms with Crippen LogP contribution in [0.25, 0.3) is 0 Å². The molecule has 0 aromatic carbocycles. The lowest BCUT2D eigenvalue weighted by Crippen LogP contribution is -2.34. The van der Waals surface area contributed by atoms with Crippen molar-refractivity contribution in [1.29, 1.82) is 0 Å². The van der Waals surface area contributed by atoms with E-state index < -0.39 is 0 Å². The zero-order valence-corrected chi connectivity index (χ0v) is 11.0. The molecule has 0 amide bonds. The summed E-state index contributed by atoms with van der Waals surface area (Å²) in [6, 6.07) is 0. The molecule has 1 aromatic heterocycles. The molecule has 2 N–H and O–H groups in total. The second kappa shape index (κ2) is 5.00. The highest BCUT2D eigenvalue weighted by molar-refractivity contribution is 5.36. The van der Waals surface area contributed by atoms with E-state index in [1.165, 1.54) is 12.8 Å². The molecule has 0 saturated carbocycles. The molecule has 2 heterocycles. The van der Waals surface area contributed by atoms with Gasteiger partial charge in [-0.25, -0.2) is 9.97 Å². The van der Waals surface area contributed by atoms with E-state index in [1.807, 2.05) is 13.8 Å². The molecule has 2 rings (SSSR count). The van der Waals surface area contributed by atoms with Gasteiger partial charge in [-0.3, -0.25) is 0 Å². The van der Waals surface area contributed by atoms with Crippen molar-refractivity contribution in [2.45, 2.75) is 40.2 Å². The van der Waals surface area contributed by atoms with Crippen molar-refractivity contribution in [2.75, 3.05) is 18.0 Å². The minimum Gasteiger partial charge on any atom is -0.341 e. The molecular formula is C13H22N4. The lowest BCUT2D eigenvalue weighted by molar-refractivity contribution is 0.434. The van der Waals surface area contributed by atoms with Gasteiger partial charge in [-0.1, -0.05) is 6.92 Å². The molecule has 4 heteroatoms. The Balaban J connectivity index is 2.22. The van der Waals surface area contributed by atoms with Crippen molar-refractivity contribution in [3.8, 4) is 0 Å². The van der Waals surface area contributed by atoms with Crippen LogP contribution in [0.3, 0.4) is 0 Å². The molecule has 0 bridgehead atoms. The van der Waals surface area contributed by atoms with Crippen molar-refractivity contribution in [3.63, 3.8) is 0 Å². The van der Waals surface area contributed by atoms with Crippen LogP contribution >= 0.6 is 0 Å². The topological polar surface area (TPSA) is 55.0 Å². The summed E-state index contributed by atoms with van der Waals surface area (Å²) >= 11 is 0. The first-order valence-electron chi connectivity index (χ1n) is 6.41. The molecule has 1 aromatic rings. The van der Waals surface area contributed by atoms with Crippen LogP contribution in [0.2, 0.25) is 0 Å². The largest absolute Gasteiger partial charge is 0.341 e. The molecule has 0 spiro atoms. The first kappa shape index (κ1) is 12.3. The van der Waals surface area contributed by atoms with Gasteiger partial charge >= 0.3 is 0 Å². The number of anilines is 1. The zero-order valence-electron chi connectivity index (χ0n) is 11.0. The van der Waals surface area contributed by atoms with Crippen molar-refractivity contribution in [1.82, 2.24) is 9.97 Å². The lowest BCUT2D eigenvalue weighted by Gasteiger charge is -2.30. The monoisotopic (exact) mass is 234 g/mol. The summed E-state index contributed by atoms with van der Waals surface area (Å²) in [6.07, 6.45) is 2.47. The van der Waals surface area contributed by atoms with E-state index >= 15 is 0 Å². The molecule has 1 aliphatic rings. The SMILES string of the molecule is Cc1nc(N2CCC(C)CC2)nc(C)c1CN. The molecule has 1 saturated heterocycles. The number of piperidine rings is 1. The van der Waals surface area contributed by atoms with Crippen LogP contribution in [0.15, 0.2) is 0 Å². The number of aryl methyl sites for hydroxylation is 2. The number of rotatable bonds is 2. The van der Waals surface area contributed by atoms with Gasteiger partial charge in [0.25, 0.3) is 0 Å². The van der Waals surface area contributed by atoms with Crippen LogP contribution in [0.4, 0.5) is 5.95 Å². The molecule has 1 aliphatic heterocycles. The lowest BCUT2D eigenvalue weighted by atomic mass is 10.00. The Morgan fingerprint density at radius 2 is 1.71 bits per heavy atom. The van der Waals surface area contributed by atoms with Crippen molar-refractivity contribution >= 4 is 5.95 Å². The maximum Gasteiger partial charge on any atom is 0.225 e. The van der Waals surface area contributed by atoms with E-state index in [9.17, 15) is 0 Å². The number of hydrogen-bond acceptors (Lipinski definition) is 4. The molecule has 1 fully saturated rings. The van der Waals surface area contributed by atoms with E-state index in [0.29, 0.717) is 6.54 Å². The predicted octanol–water partition coefficient (Wildman–Crippen LogP) is 1.79. The van der Waals surface area contributed by atoms with E-state index in [0.717, 1.165) is 41.9 Å². The maximum absolute atomic E-state index is 5.70. The molecule has 0 aliphatic carbocycles. The van der Waals surface area contributed by atoms with Crippen LogP contribution in [-0.2, 0) is 6.54 Å². The molecule has 94 valence electrons. The minimum atomic E-state index is 0.523. The maximum atomic E-state index is 5.70. The van der Waals surface area contributed by atoms with Gasteiger partial charge in [-0.05, 0) is 32.6 Å². The summed E-state index contributed by atoms with van der Waals surface area (Å²) in [5, 5.41) is 0. The second-order valence-electron chi connectivity index (χ2n) is 5.05. The molecule has 17 heavy (non-hydrogen) atoms. The van der Waals surface area contributed by atoms with Gasteiger partial charge in [0.1, 0.15) is 0 Å². The quantitative estimate of drug-likeness (QED) is 0.847. The molecule has 4 nitrogen and oxygen atoms in total. The highest BCUT2D eigenvalue weighted by Gasteiger charge is 2.19. The third kappa shape index (κ3) is 2.57. The molecule has 0 radical (unpaired) electrons. The predicted molar refractivity (Wildman–Crippen MR) is 70.0 cm³/mol. The van der Waals surface area contributed by atoms with Gasteiger partial charge in [-0.2, -0.15) is 0 Å². The third-order valence-corrected chi connectivity index (χ3v) is 3.68. The summed E-state index contributed by atoms with van der Waals surface area (Å²) in [5.74, 6) is 1.71. The fourth-order valence-corrected chi connectivity index (χ4v) is 2.37. The summed E-state index contributed by atoms with van der Waals surface area (Å²) in [4.78, 5) is 11.5. The number of nitrogens with two attached hydrogens (primary N) is 1. The Morgan fingerprint density at radius 1 is 1.18 bits per heavy atom. The summed E-state index contributed by atoms with van der Waals surface area (Å²) in [5.41, 5.74) is 8.83. The van der Waals surface area contributed by atoms with Gasteiger partial charge in [0.2, 0.25) is 5.95 Å². The Hall–Kier alpha value is -1.16. The number of aromatic nitrogens is 2. The van der Waals surface area contributed by atoms with Gasteiger partial charge < -0.3 is 10.6 Å². The smallest absolute Gasteiger partial charge is 0.225 e. The summed E-state index contributed by atoms with van der Waals surface area (Å²) in [7, 11) is 0. The Morgan fingerprint density at radius 3 is 2.18 bits per heavy atom. The molecule has 0 atom stereocenters. The van der Waals surface area contributed by atoms with Crippen LogP contribution in [-0.4, -0.2) is 23.1 Å². The summed E-state index contributed by atoms with van der Waals surface area (Å²) < 4.78 is 0. The minimum absolute atomic E-state index is 0.523. The first-order chi connectivity index (χ1) is 8.11. The van der Waals surface area contributed by atoms with E-state index in [4.69, 9.17) is 5.73 Å². The highest BCUT2D eigenvalue weighted by atomic mass is 15.3. The number of nitrogens with zero attached hydrogens (tertiary/aromatic N) is 3. The normalized spacial score (nSPS) is 17.5. The summed E-state index contributed by atoms with van der Waals surface area (Å²) in [6.45, 7) is 9.02. The van der Waals surface area contributed by atoms with Gasteiger partial charge in [0, 0.05) is 36.6 Å².